The second-order valence-electron chi connectivity index (χ2n) is 17.2. The van der Waals surface area contributed by atoms with Crippen molar-refractivity contribution in [1.29, 1.82) is 0 Å². The molecule has 10 nitrogen and oxygen atoms in total. The summed E-state index contributed by atoms with van der Waals surface area (Å²) in [6.45, 7) is 16.7. The van der Waals surface area contributed by atoms with Gasteiger partial charge in [0, 0.05) is 36.9 Å². The van der Waals surface area contributed by atoms with E-state index in [2.05, 4.69) is 70.4 Å². The van der Waals surface area contributed by atoms with Crippen LogP contribution < -0.4 is 29.8 Å². The minimum absolute atomic E-state index is 0.0216. The number of anilines is 3. The van der Waals surface area contributed by atoms with Crippen LogP contribution in [0.25, 0.3) is 0 Å². The minimum atomic E-state index is -2.40. The zero-order chi connectivity index (χ0) is 42.5. The van der Waals surface area contributed by atoms with Crippen molar-refractivity contribution in [3.63, 3.8) is 0 Å². The average molecular weight is 824 g/mol. The van der Waals surface area contributed by atoms with Crippen LogP contribution in [-0.4, -0.2) is 82.3 Å². The summed E-state index contributed by atoms with van der Waals surface area (Å²) in [5, 5.41) is 24.6. The summed E-state index contributed by atoms with van der Waals surface area (Å²) in [4.78, 5) is 33.7. The predicted octanol–water partition coefficient (Wildman–Crippen LogP) is 7.68. The molecule has 1 unspecified atom stereocenters. The third-order valence-corrected chi connectivity index (χ3v) is 17.1. The Morgan fingerprint density at radius 3 is 2.37 bits per heavy atom. The number of nitrogens with zero attached hydrogens (tertiary/aromatic N) is 2. The maximum Gasteiger partial charge on any atom is 0.264 e. The van der Waals surface area contributed by atoms with E-state index in [1.54, 1.807) is 12.0 Å². The molecular weight excluding hydrogens is 759 g/mol. The van der Waals surface area contributed by atoms with Gasteiger partial charge < -0.3 is 34.6 Å². The third-order valence-electron chi connectivity index (χ3n) is 12.7. The van der Waals surface area contributed by atoms with Crippen LogP contribution in [0.5, 0.6) is 11.5 Å². The molecule has 0 aromatic heterocycles. The molecule has 11 heteroatoms. The van der Waals surface area contributed by atoms with Crippen molar-refractivity contribution >= 4 is 42.1 Å². The first kappa shape index (κ1) is 44.3. The second kappa shape index (κ2) is 19.0. The molecule has 3 aromatic carbocycles. The fraction of sp³-hybridized carbons (Fsp3) is 0.500. The number of unbranched alkanes of at least 4 members (excludes halogenated alkanes) is 1. The molecule has 1 fully saturated rings. The Kier molecular flexibility index (Phi) is 14.2. The maximum atomic E-state index is 15.4. The number of ether oxygens (including phenoxy) is 3. The van der Waals surface area contributed by atoms with E-state index >= 15 is 4.79 Å². The number of methoxy groups -OCH3 is 1. The summed E-state index contributed by atoms with van der Waals surface area (Å²) < 4.78 is 18.6. The van der Waals surface area contributed by atoms with Gasteiger partial charge in [-0.15, -0.1) is 0 Å². The molecule has 59 heavy (non-hydrogen) atoms. The number of benzene rings is 3. The highest BCUT2D eigenvalue weighted by Crippen LogP contribution is 2.60. The van der Waals surface area contributed by atoms with Gasteiger partial charge in [0.15, 0.2) is 5.60 Å². The van der Waals surface area contributed by atoms with Crippen LogP contribution in [0.4, 0.5) is 17.1 Å². The van der Waals surface area contributed by atoms with Gasteiger partial charge in [-0.05, 0) is 132 Å². The van der Waals surface area contributed by atoms with E-state index in [0.29, 0.717) is 44.6 Å². The zero-order valence-corrected chi connectivity index (χ0v) is 37.3. The molecule has 1 spiro atoms. The van der Waals surface area contributed by atoms with Gasteiger partial charge >= 0.3 is 0 Å². The van der Waals surface area contributed by atoms with Gasteiger partial charge in [-0.3, -0.25) is 14.5 Å². The average Bonchev–Trinajstić information content (AvgIpc) is 3.64. The smallest absolute Gasteiger partial charge is 0.264 e. The van der Waals surface area contributed by atoms with E-state index in [0.717, 1.165) is 53.3 Å². The van der Waals surface area contributed by atoms with Crippen LogP contribution in [0, 0.1) is 5.92 Å². The van der Waals surface area contributed by atoms with E-state index in [4.69, 9.17) is 14.2 Å². The molecule has 5 atom stereocenters. The van der Waals surface area contributed by atoms with Crippen molar-refractivity contribution in [3.05, 3.63) is 95.1 Å². The Morgan fingerprint density at radius 1 is 0.966 bits per heavy atom. The number of hydrogen-bond acceptors (Lipinski definition) is 8. The number of amides is 2. The lowest BCUT2D eigenvalue weighted by Gasteiger charge is -2.37. The number of carbonyl (C=O) groups is 2. The number of fused-ring (bicyclic) bond motifs is 3. The fourth-order valence-corrected chi connectivity index (χ4v) is 13.7. The number of aliphatic hydroxyl groups excluding tert-OH is 2. The van der Waals surface area contributed by atoms with Crippen LogP contribution in [0.1, 0.15) is 77.8 Å². The fourth-order valence-electron chi connectivity index (χ4n) is 9.68. The lowest BCUT2D eigenvalue weighted by Crippen LogP contribution is -2.52. The van der Waals surface area contributed by atoms with Gasteiger partial charge in [0.2, 0.25) is 5.91 Å². The molecule has 3 heterocycles. The first-order valence-electron chi connectivity index (χ1n) is 21.4. The first-order valence-corrected chi connectivity index (χ1v) is 24.5. The molecular formula is C48H65N3O7Si. The Morgan fingerprint density at radius 2 is 1.69 bits per heavy atom. The second-order valence-corrected chi connectivity index (χ2v) is 21.9. The predicted molar refractivity (Wildman–Crippen MR) is 239 cm³/mol. The molecule has 3 aliphatic rings. The molecule has 0 radical (unpaired) electrons. The van der Waals surface area contributed by atoms with E-state index < -0.39 is 19.7 Å². The van der Waals surface area contributed by atoms with Gasteiger partial charge in [-0.2, -0.15) is 0 Å². The molecule has 0 bridgehead atoms. The number of carbonyl (C=O) groups excluding carboxylic acids is 2. The Balaban J connectivity index is 1.48. The molecule has 1 saturated heterocycles. The van der Waals surface area contributed by atoms with Gasteiger partial charge in [0.1, 0.15) is 11.5 Å². The van der Waals surface area contributed by atoms with E-state index in [9.17, 15) is 15.0 Å². The van der Waals surface area contributed by atoms with Gasteiger partial charge in [-0.25, -0.2) is 0 Å². The van der Waals surface area contributed by atoms with Gasteiger partial charge in [0.05, 0.1) is 45.3 Å². The highest BCUT2D eigenvalue weighted by molar-refractivity contribution is 6.91. The number of hydrogen-bond donors (Lipinski definition) is 3. The number of rotatable bonds is 18. The van der Waals surface area contributed by atoms with Crippen LogP contribution in [-0.2, 0) is 26.3 Å². The van der Waals surface area contributed by atoms with Gasteiger partial charge in [0.25, 0.3) is 5.91 Å². The number of allylic oxidation sites excluding steroid dienone is 3. The summed E-state index contributed by atoms with van der Waals surface area (Å²) in [5.74, 6) is 1.09. The molecule has 2 amide bonds. The van der Waals surface area contributed by atoms with Gasteiger partial charge in [-0.1, -0.05) is 60.6 Å². The molecule has 3 aromatic rings. The van der Waals surface area contributed by atoms with Crippen LogP contribution >= 0.6 is 0 Å². The summed E-state index contributed by atoms with van der Waals surface area (Å²) in [6.07, 6.45) is 8.15. The lowest BCUT2D eigenvalue weighted by molar-refractivity contribution is -0.146. The maximum absolute atomic E-state index is 15.4. The van der Waals surface area contributed by atoms with Crippen molar-refractivity contribution in [2.24, 2.45) is 5.92 Å². The summed E-state index contributed by atoms with van der Waals surface area (Å²) >= 11 is 0. The SMILES string of the molecule is CCOc1ccc2c(c1)CC(NCCCCO)C(=O)N2c1ccc2c(c1)[C@]1(O[C@@H](CCO)[C@H]([Si](C)(C)c3ccc(OC)cc3)[C@H]1C)C(=O)N2C/C=C(\C)CCC=C(C)C. The van der Waals surface area contributed by atoms with E-state index in [1.807, 2.05) is 60.4 Å². The normalized spacial score (nSPS) is 22.8. The molecule has 3 N–H and O–H groups in total. The first-order chi connectivity index (χ1) is 28.3. The van der Waals surface area contributed by atoms with Crippen molar-refractivity contribution in [3.8, 4) is 11.5 Å². The highest BCUT2D eigenvalue weighted by atomic mass is 28.3. The van der Waals surface area contributed by atoms with Crippen molar-refractivity contribution in [2.45, 2.75) is 110 Å². The Labute approximate surface area is 352 Å². The summed E-state index contributed by atoms with van der Waals surface area (Å²) in [7, 11) is -0.732. The minimum Gasteiger partial charge on any atom is -0.497 e. The molecule has 0 saturated carbocycles. The molecule has 318 valence electrons. The quantitative estimate of drug-likeness (QED) is 0.0680. The molecule has 3 aliphatic heterocycles. The van der Waals surface area contributed by atoms with E-state index in [-0.39, 0.29) is 42.6 Å². The van der Waals surface area contributed by atoms with E-state index in [1.165, 1.54) is 16.3 Å². The largest absolute Gasteiger partial charge is 0.497 e. The van der Waals surface area contributed by atoms with Crippen molar-refractivity contribution < 1.29 is 34.0 Å². The lowest BCUT2D eigenvalue weighted by atomic mass is 9.82. The third kappa shape index (κ3) is 8.82. The molecule has 6 rings (SSSR count). The Bertz CT molecular complexity index is 2030. The Hall–Kier alpha value is -4.26. The zero-order valence-electron chi connectivity index (χ0n) is 36.3. The topological polar surface area (TPSA) is 121 Å². The summed E-state index contributed by atoms with van der Waals surface area (Å²) in [5.41, 5.74) is 5.09. The van der Waals surface area contributed by atoms with Crippen LogP contribution in [0.15, 0.2) is 84.0 Å². The number of aliphatic hydroxyl groups is 2. The number of nitrogens with one attached hydrogen (secondary N) is 1. The standard InChI is InChI=1S/C48H65N3O7Si/c1-9-57-38-18-22-42-35(29-38)30-41(49-25-10-11-27-52)46(54)51(42)36-15-21-43-40(31-36)48(47(55)50(43)26-23-33(4)14-12-13-32(2)3)34(5)45(44(58-48)24-28-53)59(7,8)39-19-16-37(56-6)17-20-39/h13,15-23,29,31,34,41,44-45,49,52-53H,9-12,14,24-28,30H2,1-8H3/b33-23+/t34-,41?,44+,45-,48+/m1/s1. The highest BCUT2D eigenvalue weighted by Gasteiger charge is 2.66. The molecule has 0 aliphatic carbocycles. The van der Waals surface area contributed by atoms with Crippen molar-refractivity contribution in [2.75, 3.05) is 49.8 Å². The summed E-state index contributed by atoms with van der Waals surface area (Å²) in [6, 6.07) is 19.6. The van der Waals surface area contributed by atoms with Crippen LogP contribution in [0.3, 0.4) is 0 Å². The van der Waals surface area contributed by atoms with Crippen LogP contribution in [0.2, 0.25) is 18.6 Å². The monoisotopic (exact) mass is 823 g/mol. The van der Waals surface area contributed by atoms with Crippen molar-refractivity contribution in [1.82, 2.24) is 5.32 Å².